The summed E-state index contributed by atoms with van der Waals surface area (Å²) in [7, 11) is 2.00. The number of fused-ring (bicyclic) bond motifs is 2. The van der Waals surface area contributed by atoms with E-state index in [0.717, 1.165) is 32.3 Å². The van der Waals surface area contributed by atoms with Gasteiger partial charge in [0.15, 0.2) is 0 Å². The van der Waals surface area contributed by atoms with Crippen molar-refractivity contribution in [3.05, 3.63) is 0 Å². The zero-order chi connectivity index (χ0) is 13.9. The Morgan fingerprint density at radius 3 is 2.60 bits per heavy atom. The summed E-state index contributed by atoms with van der Waals surface area (Å²) in [6, 6.07) is 1.75. The average Bonchev–Trinajstić information content (AvgIpc) is 2.83. The number of nitrogens with zero attached hydrogens (tertiary/aromatic N) is 1. The SMILES string of the molecule is CN(C(=O)CCC1CCCCO1)C1CC2CCC(C1)N2. The zero-order valence-electron chi connectivity index (χ0n) is 12.6. The lowest BCUT2D eigenvalue weighted by molar-refractivity contribution is -0.133. The zero-order valence-corrected chi connectivity index (χ0v) is 12.6. The smallest absolute Gasteiger partial charge is 0.222 e. The molecule has 3 aliphatic heterocycles. The van der Waals surface area contributed by atoms with Gasteiger partial charge >= 0.3 is 0 Å². The summed E-state index contributed by atoms with van der Waals surface area (Å²) in [4.78, 5) is 14.4. The highest BCUT2D eigenvalue weighted by Crippen LogP contribution is 2.29. The summed E-state index contributed by atoms with van der Waals surface area (Å²) in [6.07, 6.45) is 10.3. The summed E-state index contributed by atoms with van der Waals surface area (Å²) in [5, 5.41) is 3.64. The molecule has 20 heavy (non-hydrogen) atoms. The molecule has 3 rings (SSSR count). The maximum atomic E-state index is 12.4. The van der Waals surface area contributed by atoms with Gasteiger partial charge in [-0.1, -0.05) is 0 Å². The van der Waals surface area contributed by atoms with Crippen molar-refractivity contribution in [2.75, 3.05) is 13.7 Å². The van der Waals surface area contributed by atoms with Crippen molar-refractivity contribution in [1.29, 1.82) is 0 Å². The van der Waals surface area contributed by atoms with Crippen molar-refractivity contribution in [2.45, 2.75) is 82.0 Å². The highest BCUT2D eigenvalue weighted by molar-refractivity contribution is 5.76. The number of carbonyl (C=O) groups excluding carboxylic acids is 1. The topological polar surface area (TPSA) is 41.6 Å². The van der Waals surface area contributed by atoms with E-state index < -0.39 is 0 Å². The second-order valence-electron chi connectivity index (χ2n) is 6.79. The van der Waals surface area contributed by atoms with Crippen LogP contribution in [0.3, 0.4) is 0 Å². The minimum Gasteiger partial charge on any atom is -0.378 e. The van der Waals surface area contributed by atoms with Gasteiger partial charge in [-0.05, 0) is 51.4 Å². The van der Waals surface area contributed by atoms with Gasteiger partial charge in [-0.25, -0.2) is 0 Å². The van der Waals surface area contributed by atoms with E-state index in [0.29, 0.717) is 36.6 Å². The van der Waals surface area contributed by atoms with Crippen LogP contribution in [0, 0.1) is 0 Å². The van der Waals surface area contributed by atoms with Crippen LogP contribution >= 0.6 is 0 Å². The molecule has 0 saturated carbocycles. The van der Waals surface area contributed by atoms with E-state index in [1.807, 2.05) is 11.9 Å². The lowest BCUT2D eigenvalue weighted by Crippen LogP contribution is -2.48. The Morgan fingerprint density at radius 1 is 1.20 bits per heavy atom. The van der Waals surface area contributed by atoms with Crippen molar-refractivity contribution in [2.24, 2.45) is 0 Å². The molecule has 0 aromatic carbocycles. The first-order valence-corrected chi connectivity index (χ1v) is 8.35. The summed E-state index contributed by atoms with van der Waals surface area (Å²) in [5.74, 6) is 0.311. The van der Waals surface area contributed by atoms with Crippen LogP contribution in [-0.4, -0.2) is 48.7 Å². The molecule has 1 N–H and O–H groups in total. The van der Waals surface area contributed by atoms with Crippen molar-refractivity contribution in [3.8, 4) is 0 Å². The molecule has 3 heterocycles. The van der Waals surface area contributed by atoms with Crippen LogP contribution in [0.1, 0.15) is 57.8 Å². The number of ether oxygens (including phenoxy) is 1. The number of nitrogens with one attached hydrogen (secondary N) is 1. The predicted molar refractivity (Wildman–Crippen MR) is 78.6 cm³/mol. The first-order chi connectivity index (χ1) is 9.72. The molecule has 114 valence electrons. The molecule has 3 atom stereocenters. The standard InChI is InChI=1S/C16H28N2O2/c1-18(14-10-12-5-6-13(11-14)17-12)16(19)8-7-15-4-2-3-9-20-15/h12-15,17H,2-11H2,1H3. The minimum absolute atomic E-state index is 0.311. The fraction of sp³-hybridized carbons (Fsp3) is 0.938. The summed E-state index contributed by atoms with van der Waals surface area (Å²) in [5.41, 5.74) is 0. The Bertz CT molecular complexity index is 329. The van der Waals surface area contributed by atoms with Gasteiger partial charge in [-0.15, -0.1) is 0 Å². The van der Waals surface area contributed by atoms with Crippen LogP contribution in [-0.2, 0) is 9.53 Å². The second kappa shape index (κ2) is 6.44. The second-order valence-corrected chi connectivity index (χ2v) is 6.79. The van der Waals surface area contributed by atoms with Crippen molar-refractivity contribution < 1.29 is 9.53 Å². The first kappa shape index (κ1) is 14.3. The lowest BCUT2D eigenvalue weighted by Gasteiger charge is -2.36. The molecule has 0 spiro atoms. The molecule has 0 radical (unpaired) electrons. The Hall–Kier alpha value is -0.610. The quantitative estimate of drug-likeness (QED) is 0.857. The molecule has 0 aromatic heterocycles. The molecular weight excluding hydrogens is 252 g/mol. The van der Waals surface area contributed by atoms with Crippen LogP contribution in [0.5, 0.6) is 0 Å². The van der Waals surface area contributed by atoms with Crippen molar-refractivity contribution >= 4 is 5.91 Å². The Kier molecular flexibility index (Phi) is 4.61. The van der Waals surface area contributed by atoms with Gasteiger partial charge in [0.1, 0.15) is 0 Å². The Morgan fingerprint density at radius 2 is 1.95 bits per heavy atom. The molecule has 1 amide bonds. The summed E-state index contributed by atoms with van der Waals surface area (Å²) >= 11 is 0. The van der Waals surface area contributed by atoms with E-state index >= 15 is 0 Å². The monoisotopic (exact) mass is 280 g/mol. The predicted octanol–water partition coefficient (Wildman–Crippen LogP) is 2.08. The number of amides is 1. The van der Waals surface area contributed by atoms with Crippen LogP contribution in [0.15, 0.2) is 0 Å². The van der Waals surface area contributed by atoms with Crippen molar-refractivity contribution in [1.82, 2.24) is 10.2 Å². The molecule has 4 nitrogen and oxygen atoms in total. The van der Waals surface area contributed by atoms with Crippen LogP contribution < -0.4 is 5.32 Å². The number of piperidine rings is 1. The van der Waals surface area contributed by atoms with Gasteiger partial charge in [-0.3, -0.25) is 4.79 Å². The van der Waals surface area contributed by atoms with Crippen molar-refractivity contribution in [3.63, 3.8) is 0 Å². The third-order valence-electron chi connectivity index (χ3n) is 5.34. The van der Waals surface area contributed by atoms with Crippen LogP contribution in [0.25, 0.3) is 0 Å². The van der Waals surface area contributed by atoms with E-state index in [9.17, 15) is 4.79 Å². The average molecular weight is 280 g/mol. The molecule has 0 aliphatic carbocycles. The van der Waals surface area contributed by atoms with Gasteiger partial charge in [0.2, 0.25) is 5.91 Å². The highest BCUT2D eigenvalue weighted by atomic mass is 16.5. The molecule has 4 heteroatoms. The fourth-order valence-corrected chi connectivity index (χ4v) is 4.04. The molecule has 2 bridgehead atoms. The van der Waals surface area contributed by atoms with Gasteiger partial charge < -0.3 is 15.0 Å². The molecule has 3 aliphatic rings. The fourth-order valence-electron chi connectivity index (χ4n) is 4.04. The largest absolute Gasteiger partial charge is 0.378 e. The van der Waals surface area contributed by atoms with Crippen LogP contribution in [0.4, 0.5) is 0 Å². The third kappa shape index (κ3) is 3.34. The number of hydrogen-bond acceptors (Lipinski definition) is 3. The summed E-state index contributed by atoms with van der Waals surface area (Å²) < 4.78 is 5.72. The van der Waals surface area contributed by atoms with Gasteiger partial charge in [0.05, 0.1) is 6.10 Å². The van der Waals surface area contributed by atoms with E-state index in [4.69, 9.17) is 4.74 Å². The number of carbonyl (C=O) groups is 1. The number of rotatable bonds is 4. The van der Waals surface area contributed by atoms with E-state index in [-0.39, 0.29) is 0 Å². The van der Waals surface area contributed by atoms with E-state index in [1.54, 1.807) is 0 Å². The maximum absolute atomic E-state index is 12.4. The maximum Gasteiger partial charge on any atom is 0.222 e. The highest BCUT2D eigenvalue weighted by Gasteiger charge is 2.36. The molecule has 3 unspecified atom stereocenters. The normalized spacial score (nSPS) is 36.9. The lowest BCUT2D eigenvalue weighted by atomic mass is 9.97. The Balaban J connectivity index is 1.44. The van der Waals surface area contributed by atoms with Crippen LogP contribution in [0.2, 0.25) is 0 Å². The van der Waals surface area contributed by atoms with E-state index in [2.05, 4.69) is 5.32 Å². The van der Waals surface area contributed by atoms with E-state index in [1.165, 1.54) is 25.7 Å². The van der Waals surface area contributed by atoms with Gasteiger partial charge in [0.25, 0.3) is 0 Å². The molecular formula is C16H28N2O2. The third-order valence-corrected chi connectivity index (χ3v) is 5.34. The number of hydrogen-bond donors (Lipinski definition) is 1. The summed E-state index contributed by atoms with van der Waals surface area (Å²) in [6.45, 7) is 0.881. The molecule has 3 saturated heterocycles. The first-order valence-electron chi connectivity index (χ1n) is 8.35. The van der Waals surface area contributed by atoms with Gasteiger partial charge in [-0.2, -0.15) is 0 Å². The molecule has 0 aromatic rings. The Labute approximate surface area is 122 Å². The molecule has 3 fully saturated rings. The minimum atomic E-state index is 0.311. The van der Waals surface area contributed by atoms with Gasteiger partial charge in [0, 0.05) is 38.2 Å².